The van der Waals surface area contributed by atoms with Gasteiger partial charge in [0.1, 0.15) is 11.5 Å². The van der Waals surface area contributed by atoms with Crippen LogP contribution in [0.5, 0.6) is 11.5 Å². The molecule has 58 heavy (non-hydrogen) atoms. The molecule has 0 aliphatic heterocycles. The van der Waals surface area contributed by atoms with Gasteiger partial charge in [0.15, 0.2) is 0 Å². The summed E-state index contributed by atoms with van der Waals surface area (Å²) in [6.45, 7) is 5.97. The lowest BCUT2D eigenvalue weighted by atomic mass is 9.87. The summed E-state index contributed by atoms with van der Waals surface area (Å²) in [4.78, 5) is 9.55. The van der Waals surface area contributed by atoms with Gasteiger partial charge in [-0.15, -0.1) is 0 Å². The molecule has 4 heteroatoms. The van der Waals surface area contributed by atoms with Crippen LogP contribution in [0.4, 0.5) is 0 Å². The van der Waals surface area contributed by atoms with E-state index in [0.717, 1.165) is 83.7 Å². The molecule has 2 heterocycles. The van der Waals surface area contributed by atoms with Crippen molar-refractivity contribution in [1.82, 2.24) is 9.97 Å². The van der Waals surface area contributed by atoms with Crippen molar-refractivity contribution in [3.05, 3.63) is 149 Å². The standard InChI is InChI=1S/C54H54N2O2/c1-3-5-7-17-35-57-53-47-23-13-9-19-41(47)45(42-20-10-14-24-48(42)53)29-27-39-31-33-55-51(37-39)52-38-40(32-34-56-52)28-30-46-43-21-11-15-25-49(43)54(58-36-18-8-6-4-2)50-26-16-12-22-44(46)50/h9-11,13-16,19-21,23-34,37-38H,3-8,12,17-18,22,35-36H2,1-2H3/b29-27+,30-28+. The van der Waals surface area contributed by atoms with Gasteiger partial charge in [-0.25, -0.2) is 0 Å². The number of benzene rings is 5. The van der Waals surface area contributed by atoms with Crippen molar-refractivity contribution in [1.29, 1.82) is 0 Å². The molecule has 0 unspecified atom stereocenters. The Morgan fingerprint density at radius 3 is 1.55 bits per heavy atom. The van der Waals surface area contributed by atoms with Crippen molar-refractivity contribution in [2.45, 2.75) is 78.1 Å². The van der Waals surface area contributed by atoms with Crippen LogP contribution >= 0.6 is 0 Å². The third kappa shape index (κ3) is 8.62. The highest BCUT2D eigenvalue weighted by molar-refractivity contribution is 6.13. The fraction of sp³-hybridized carbons (Fsp3) is 0.259. The molecule has 5 aromatic carbocycles. The molecule has 0 amide bonds. The maximum Gasteiger partial charge on any atom is 0.134 e. The van der Waals surface area contributed by atoms with Gasteiger partial charge in [-0.1, -0.05) is 162 Å². The lowest BCUT2D eigenvalue weighted by molar-refractivity contribution is 0.307. The number of hydrogen-bond donors (Lipinski definition) is 0. The molecule has 0 saturated carbocycles. The molecule has 0 bridgehead atoms. The molecular weight excluding hydrogens is 709 g/mol. The molecule has 0 radical (unpaired) electrons. The van der Waals surface area contributed by atoms with Gasteiger partial charge in [0.2, 0.25) is 0 Å². The molecule has 7 aromatic rings. The summed E-state index contributed by atoms with van der Waals surface area (Å²) < 4.78 is 13.1. The van der Waals surface area contributed by atoms with Crippen LogP contribution in [0.15, 0.2) is 116 Å². The SMILES string of the molecule is CCCCCCOc1c2c(c(/C=C/c3ccnc(-c4cc(/C=C/c5c6ccccc6c(OCCCCCC)c6ccccc56)ccn4)c3)c3ccccc13)CCC=C2. The Morgan fingerprint density at radius 2 is 1.00 bits per heavy atom. The maximum absolute atomic E-state index is 6.56. The van der Waals surface area contributed by atoms with E-state index < -0.39 is 0 Å². The first-order valence-corrected chi connectivity index (χ1v) is 21.4. The quantitative estimate of drug-likeness (QED) is 0.0684. The monoisotopic (exact) mass is 762 g/mol. The van der Waals surface area contributed by atoms with E-state index in [-0.39, 0.29) is 0 Å². The van der Waals surface area contributed by atoms with Crippen molar-refractivity contribution < 1.29 is 9.47 Å². The first-order chi connectivity index (χ1) is 28.7. The molecule has 0 N–H and O–H groups in total. The number of unbranched alkanes of at least 4 members (excludes halogenated alkanes) is 6. The van der Waals surface area contributed by atoms with Gasteiger partial charge in [0, 0.05) is 34.1 Å². The van der Waals surface area contributed by atoms with Crippen LogP contribution in [0.1, 0.15) is 105 Å². The summed E-state index contributed by atoms with van der Waals surface area (Å²) in [5, 5.41) is 7.07. The summed E-state index contributed by atoms with van der Waals surface area (Å²) in [5.74, 6) is 2.01. The number of ether oxygens (including phenoxy) is 2. The van der Waals surface area contributed by atoms with E-state index in [2.05, 4.69) is 147 Å². The zero-order valence-corrected chi connectivity index (χ0v) is 34.1. The second-order valence-electron chi connectivity index (χ2n) is 15.4. The zero-order chi connectivity index (χ0) is 39.5. The van der Waals surface area contributed by atoms with Crippen molar-refractivity contribution in [2.24, 2.45) is 0 Å². The van der Waals surface area contributed by atoms with E-state index in [1.165, 1.54) is 82.3 Å². The fourth-order valence-electron chi connectivity index (χ4n) is 8.33. The molecule has 1 aliphatic carbocycles. The van der Waals surface area contributed by atoms with E-state index in [1.807, 2.05) is 12.4 Å². The van der Waals surface area contributed by atoms with Crippen LogP contribution in [-0.4, -0.2) is 23.2 Å². The minimum Gasteiger partial charge on any atom is -0.492 e. The number of aromatic nitrogens is 2. The molecule has 292 valence electrons. The van der Waals surface area contributed by atoms with Crippen molar-refractivity contribution >= 4 is 62.7 Å². The van der Waals surface area contributed by atoms with Gasteiger partial charge in [-0.2, -0.15) is 0 Å². The second kappa shape index (κ2) is 19.0. The molecule has 4 nitrogen and oxygen atoms in total. The lowest BCUT2D eigenvalue weighted by Gasteiger charge is -2.22. The molecule has 0 atom stereocenters. The van der Waals surface area contributed by atoms with E-state index in [1.54, 1.807) is 0 Å². The number of nitrogens with zero attached hydrogens (tertiary/aromatic N) is 2. The summed E-state index contributed by atoms with van der Waals surface area (Å²) >= 11 is 0. The average molecular weight is 763 g/mol. The Labute approximate surface area is 344 Å². The van der Waals surface area contributed by atoms with E-state index >= 15 is 0 Å². The van der Waals surface area contributed by atoms with Gasteiger partial charge >= 0.3 is 0 Å². The minimum absolute atomic E-state index is 0.728. The second-order valence-corrected chi connectivity index (χ2v) is 15.4. The summed E-state index contributed by atoms with van der Waals surface area (Å²) in [7, 11) is 0. The highest BCUT2D eigenvalue weighted by atomic mass is 16.5. The first-order valence-electron chi connectivity index (χ1n) is 21.4. The highest BCUT2D eigenvalue weighted by Crippen LogP contribution is 2.42. The van der Waals surface area contributed by atoms with Crippen LogP contribution in [0, 0.1) is 0 Å². The lowest BCUT2D eigenvalue weighted by Crippen LogP contribution is -2.06. The van der Waals surface area contributed by atoms with Crippen molar-refractivity contribution in [3.63, 3.8) is 0 Å². The molecule has 0 saturated heterocycles. The molecular formula is C54H54N2O2. The zero-order valence-electron chi connectivity index (χ0n) is 34.1. The third-order valence-electron chi connectivity index (χ3n) is 11.3. The van der Waals surface area contributed by atoms with E-state index in [9.17, 15) is 0 Å². The van der Waals surface area contributed by atoms with Crippen LogP contribution in [0.2, 0.25) is 0 Å². The number of pyridine rings is 2. The van der Waals surface area contributed by atoms with E-state index in [0.29, 0.717) is 0 Å². The number of rotatable bonds is 17. The Balaban J connectivity index is 1.07. The maximum atomic E-state index is 6.56. The van der Waals surface area contributed by atoms with E-state index in [4.69, 9.17) is 19.4 Å². The number of allylic oxidation sites excluding steroid dienone is 1. The van der Waals surface area contributed by atoms with Gasteiger partial charge in [-0.3, -0.25) is 9.97 Å². The average Bonchev–Trinajstić information content (AvgIpc) is 3.28. The molecule has 1 aliphatic rings. The van der Waals surface area contributed by atoms with Crippen LogP contribution in [-0.2, 0) is 6.42 Å². The minimum atomic E-state index is 0.728. The first kappa shape index (κ1) is 38.9. The Kier molecular flexibility index (Phi) is 12.7. The molecule has 2 aromatic heterocycles. The van der Waals surface area contributed by atoms with Gasteiger partial charge < -0.3 is 9.47 Å². The predicted molar refractivity (Wildman–Crippen MR) is 247 cm³/mol. The predicted octanol–water partition coefficient (Wildman–Crippen LogP) is 14.8. The summed E-state index contributed by atoms with van der Waals surface area (Å²) in [6.07, 6.45) is 28.8. The Morgan fingerprint density at radius 1 is 0.517 bits per heavy atom. The van der Waals surface area contributed by atoms with Gasteiger partial charge in [-0.05, 0) is 93.9 Å². The Bertz CT molecular complexity index is 2560. The largest absolute Gasteiger partial charge is 0.492 e. The van der Waals surface area contributed by atoms with Crippen molar-refractivity contribution in [2.75, 3.05) is 13.2 Å². The smallest absolute Gasteiger partial charge is 0.134 e. The van der Waals surface area contributed by atoms with Gasteiger partial charge in [0.05, 0.1) is 24.6 Å². The number of hydrogen-bond acceptors (Lipinski definition) is 4. The van der Waals surface area contributed by atoms with Crippen LogP contribution < -0.4 is 9.47 Å². The fourth-order valence-corrected chi connectivity index (χ4v) is 8.33. The summed E-state index contributed by atoms with van der Waals surface area (Å²) in [6, 6.07) is 34.3. The highest BCUT2D eigenvalue weighted by Gasteiger charge is 2.20. The third-order valence-corrected chi connectivity index (χ3v) is 11.3. The van der Waals surface area contributed by atoms with Crippen LogP contribution in [0.3, 0.4) is 0 Å². The molecule has 0 fully saturated rings. The van der Waals surface area contributed by atoms with Gasteiger partial charge in [0.25, 0.3) is 0 Å². The van der Waals surface area contributed by atoms with Crippen LogP contribution in [0.25, 0.3) is 74.1 Å². The Hall–Kier alpha value is -6.00. The topological polar surface area (TPSA) is 44.2 Å². The molecule has 0 spiro atoms. The normalized spacial score (nSPS) is 12.7. The number of fused-ring (bicyclic) bond motifs is 4. The molecule has 8 rings (SSSR count). The van der Waals surface area contributed by atoms with Crippen molar-refractivity contribution in [3.8, 4) is 22.9 Å². The summed E-state index contributed by atoms with van der Waals surface area (Å²) in [5.41, 5.74) is 8.88.